The van der Waals surface area contributed by atoms with E-state index in [1.165, 1.54) is 5.56 Å². The van der Waals surface area contributed by atoms with Gasteiger partial charge in [-0.05, 0) is 17.7 Å². The number of ether oxygens (including phenoxy) is 2. The highest BCUT2D eigenvalue weighted by Gasteiger charge is 2.41. The van der Waals surface area contributed by atoms with E-state index in [-0.39, 0.29) is 5.79 Å². The highest BCUT2D eigenvalue weighted by atomic mass is 79.9. The second-order valence-electron chi connectivity index (χ2n) is 4.62. The van der Waals surface area contributed by atoms with Crippen LogP contribution in [0.15, 0.2) is 28.7 Å². The van der Waals surface area contributed by atoms with Crippen LogP contribution >= 0.6 is 15.9 Å². The van der Waals surface area contributed by atoms with Crippen LogP contribution < -0.4 is 5.32 Å². The van der Waals surface area contributed by atoms with Crippen molar-refractivity contribution < 1.29 is 9.47 Å². The Bertz CT molecular complexity index is 387. The summed E-state index contributed by atoms with van der Waals surface area (Å²) in [5, 5.41) is 3.53. The minimum absolute atomic E-state index is 0.329. The van der Waals surface area contributed by atoms with Gasteiger partial charge < -0.3 is 14.8 Å². The number of halogens is 1. The molecule has 1 unspecified atom stereocenters. The van der Waals surface area contributed by atoms with Crippen molar-refractivity contribution in [2.75, 3.05) is 19.8 Å². The largest absolute Gasteiger partial charge is 0.347 e. The summed E-state index contributed by atoms with van der Waals surface area (Å²) in [5.41, 5.74) is 1.30. The fraction of sp³-hybridized carbons (Fsp3) is 0.538. The topological polar surface area (TPSA) is 30.5 Å². The standard InChI is InChI=1S/C13H16BrNO2/c14-11-3-1-10(2-4-11)12-9-13(5-6-15-12)16-7-8-17-13/h1-4,12,15H,5-9H2. The summed E-state index contributed by atoms with van der Waals surface area (Å²) in [6.45, 7) is 2.40. The van der Waals surface area contributed by atoms with Crippen molar-refractivity contribution in [2.24, 2.45) is 0 Å². The van der Waals surface area contributed by atoms with Crippen LogP contribution in [0.3, 0.4) is 0 Å². The number of nitrogens with one attached hydrogen (secondary N) is 1. The molecule has 1 atom stereocenters. The smallest absolute Gasteiger partial charge is 0.171 e. The highest BCUT2D eigenvalue weighted by Crippen LogP contribution is 2.36. The average Bonchev–Trinajstić information content (AvgIpc) is 2.78. The number of piperidine rings is 1. The van der Waals surface area contributed by atoms with Crippen LogP contribution in [0, 0.1) is 0 Å². The third-order valence-corrected chi connectivity index (χ3v) is 4.03. The molecule has 2 aliphatic rings. The predicted molar refractivity (Wildman–Crippen MR) is 68.8 cm³/mol. The fourth-order valence-corrected chi connectivity index (χ4v) is 2.88. The minimum Gasteiger partial charge on any atom is -0.347 e. The van der Waals surface area contributed by atoms with Gasteiger partial charge in [0.2, 0.25) is 0 Å². The fourth-order valence-electron chi connectivity index (χ4n) is 2.61. The van der Waals surface area contributed by atoms with Gasteiger partial charge in [0.05, 0.1) is 13.2 Å². The molecule has 0 saturated carbocycles. The predicted octanol–water partition coefficient (Wildman–Crippen LogP) is 2.62. The Morgan fingerprint density at radius 2 is 1.88 bits per heavy atom. The van der Waals surface area contributed by atoms with Crippen molar-refractivity contribution in [1.29, 1.82) is 0 Å². The average molecular weight is 298 g/mol. The van der Waals surface area contributed by atoms with E-state index in [9.17, 15) is 0 Å². The van der Waals surface area contributed by atoms with E-state index in [1.54, 1.807) is 0 Å². The molecule has 1 spiro atoms. The van der Waals surface area contributed by atoms with Gasteiger partial charge in [-0.1, -0.05) is 28.1 Å². The molecule has 2 heterocycles. The van der Waals surface area contributed by atoms with E-state index in [1.807, 2.05) is 0 Å². The summed E-state index contributed by atoms with van der Waals surface area (Å²) in [6, 6.07) is 8.78. The van der Waals surface area contributed by atoms with Gasteiger partial charge in [-0.2, -0.15) is 0 Å². The Labute approximate surface area is 110 Å². The monoisotopic (exact) mass is 297 g/mol. The third-order valence-electron chi connectivity index (χ3n) is 3.50. The van der Waals surface area contributed by atoms with E-state index in [2.05, 4.69) is 45.5 Å². The Balaban J connectivity index is 1.77. The molecule has 0 radical (unpaired) electrons. The molecule has 1 aromatic carbocycles. The molecular weight excluding hydrogens is 282 g/mol. The van der Waals surface area contributed by atoms with Crippen molar-refractivity contribution in [3.63, 3.8) is 0 Å². The zero-order chi connectivity index (χ0) is 11.7. The SMILES string of the molecule is Brc1ccc(C2CC3(CCN2)OCCO3)cc1. The summed E-state index contributed by atoms with van der Waals surface area (Å²) in [4.78, 5) is 0. The molecule has 2 fully saturated rings. The van der Waals surface area contributed by atoms with Gasteiger partial charge >= 0.3 is 0 Å². The van der Waals surface area contributed by atoms with Gasteiger partial charge in [-0.15, -0.1) is 0 Å². The van der Waals surface area contributed by atoms with Crippen LogP contribution in [0.4, 0.5) is 0 Å². The maximum atomic E-state index is 5.79. The Morgan fingerprint density at radius 1 is 1.18 bits per heavy atom. The molecule has 0 amide bonds. The van der Waals surface area contributed by atoms with Crippen molar-refractivity contribution in [1.82, 2.24) is 5.32 Å². The first kappa shape index (κ1) is 11.7. The Kier molecular flexibility index (Phi) is 3.21. The van der Waals surface area contributed by atoms with Crippen molar-refractivity contribution in [3.05, 3.63) is 34.3 Å². The van der Waals surface area contributed by atoms with Gasteiger partial charge in [0.1, 0.15) is 0 Å². The molecule has 1 N–H and O–H groups in total. The molecule has 3 rings (SSSR count). The van der Waals surface area contributed by atoms with Crippen molar-refractivity contribution in [3.8, 4) is 0 Å². The maximum Gasteiger partial charge on any atom is 0.171 e. The lowest BCUT2D eigenvalue weighted by Crippen LogP contribution is -2.44. The Hall–Kier alpha value is -0.420. The number of benzene rings is 1. The first-order valence-corrected chi connectivity index (χ1v) is 6.84. The van der Waals surface area contributed by atoms with Gasteiger partial charge in [0.15, 0.2) is 5.79 Å². The van der Waals surface area contributed by atoms with E-state index in [0.717, 1.165) is 37.1 Å². The molecule has 2 saturated heterocycles. The van der Waals surface area contributed by atoms with Crippen molar-refractivity contribution >= 4 is 15.9 Å². The van der Waals surface area contributed by atoms with Gasteiger partial charge in [0, 0.05) is 29.9 Å². The molecule has 0 bridgehead atoms. The zero-order valence-corrected chi connectivity index (χ0v) is 11.2. The lowest BCUT2D eigenvalue weighted by molar-refractivity contribution is -0.180. The van der Waals surface area contributed by atoms with Crippen LogP contribution in [0.2, 0.25) is 0 Å². The molecule has 92 valence electrons. The van der Waals surface area contributed by atoms with E-state index in [4.69, 9.17) is 9.47 Å². The number of hydrogen-bond acceptors (Lipinski definition) is 3. The first-order valence-electron chi connectivity index (χ1n) is 6.04. The minimum atomic E-state index is -0.330. The zero-order valence-electron chi connectivity index (χ0n) is 9.62. The van der Waals surface area contributed by atoms with E-state index >= 15 is 0 Å². The summed E-state index contributed by atoms with van der Waals surface area (Å²) < 4.78 is 12.7. The number of hydrogen-bond donors (Lipinski definition) is 1. The van der Waals surface area contributed by atoms with Gasteiger partial charge in [-0.3, -0.25) is 0 Å². The summed E-state index contributed by atoms with van der Waals surface area (Å²) >= 11 is 3.46. The normalized spacial score (nSPS) is 27.5. The molecule has 1 aromatic rings. The molecule has 0 aromatic heterocycles. The van der Waals surface area contributed by atoms with Crippen LogP contribution in [-0.4, -0.2) is 25.5 Å². The molecule has 0 aliphatic carbocycles. The van der Waals surface area contributed by atoms with E-state index < -0.39 is 0 Å². The summed E-state index contributed by atoms with van der Waals surface area (Å²) in [6.07, 6.45) is 1.84. The second kappa shape index (κ2) is 4.69. The molecule has 3 nitrogen and oxygen atoms in total. The quantitative estimate of drug-likeness (QED) is 0.864. The lowest BCUT2D eigenvalue weighted by Gasteiger charge is -2.37. The summed E-state index contributed by atoms with van der Waals surface area (Å²) in [5.74, 6) is -0.330. The number of rotatable bonds is 1. The van der Waals surface area contributed by atoms with Gasteiger partial charge in [-0.25, -0.2) is 0 Å². The van der Waals surface area contributed by atoms with Gasteiger partial charge in [0.25, 0.3) is 0 Å². The summed E-state index contributed by atoms with van der Waals surface area (Å²) in [7, 11) is 0. The molecular formula is C13H16BrNO2. The lowest BCUT2D eigenvalue weighted by atomic mass is 9.93. The second-order valence-corrected chi connectivity index (χ2v) is 5.54. The van der Waals surface area contributed by atoms with E-state index in [0.29, 0.717) is 6.04 Å². The van der Waals surface area contributed by atoms with Crippen LogP contribution in [0.25, 0.3) is 0 Å². The Morgan fingerprint density at radius 3 is 2.59 bits per heavy atom. The van der Waals surface area contributed by atoms with Crippen LogP contribution in [-0.2, 0) is 9.47 Å². The first-order chi connectivity index (χ1) is 8.27. The van der Waals surface area contributed by atoms with Crippen LogP contribution in [0.1, 0.15) is 24.4 Å². The molecule has 4 heteroatoms. The maximum absolute atomic E-state index is 5.79. The van der Waals surface area contributed by atoms with Crippen molar-refractivity contribution in [2.45, 2.75) is 24.7 Å². The molecule has 17 heavy (non-hydrogen) atoms. The highest BCUT2D eigenvalue weighted by molar-refractivity contribution is 9.10. The molecule has 2 aliphatic heterocycles. The third kappa shape index (κ3) is 2.40. The van der Waals surface area contributed by atoms with Crippen LogP contribution in [0.5, 0.6) is 0 Å².